The lowest BCUT2D eigenvalue weighted by atomic mass is 9.99. The van der Waals surface area contributed by atoms with Gasteiger partial charge in [-0.2, -0.15) is 0 Å². The molecule has 11 rings (SSSR count). The fourth-order valence-corrected chi connectivity index (χ4v) is 14.0. The Hall–Kier alpha value is -7.20. The molecule has 0 atom stereocenters. The molecule has 2 nitrogen and oxygen atoms in total. The Morgan fingerprint density at radius 2 is 0.754 bits per heavy atom. The lowest BCUT2D eigenvalue weighted by molar-refractivity contribution is 0.669. The zero-order valence-electron chi connectivity index (χ0n) is 31.2. The van der Waals surface area contributed by atoms with E-state index in [2.05, 4.69) is 229 Å². The molecule has 57 heavy (non-hydrogen) atoms. The molecule has 0 radical (unpaired) electrons. The van der Waals surface area contributed by atoms with Gasteiger partial charge in [0.1, 0.15) is 11.2 Å². The maximum absolute atomic E-state index is 6.62. The Morgan fingerprint density at radius 3 is 1.40 bits per heavy atom. The average Bonchev–Trinajstić information content (AvgIpc) is 3.83. The third kappa shape index (κ3) is 5.39. The molecule has 0 aliphatic carbocycles. The Bertz CT molecular complexity index is 3140. The lowest BCUT2D eigenvalue weighted by Gasteiger charge is -2.34. The van der Waals surface area contributed by atoms with Crippen molar-refractivity contribution in [1.29, 1.82) is 0 Å². The van der Waals surface area contributed by atoms with Crippen LogP contribution in [-0.2, 0) is 0 Å². The quantitative estimate of drug-likeness (QED) is 0.117. The molecule has 268 valence electrons. The Labute approximate surface area is 332 Å². The van der Waals surface area contributed by atoms with Gasteiger partial charge in [0, 0.05) is 27.2 Å². The number of para-hydroxylation sites is 2. The van der Waals surface area contributed by atoms with E-state index in [4.69, 9.17) is 4.42 Å². The number of aromatic nitrogens is 1. The first-order valence-corrected chi connectivity index (χ1v) is 21.6. The Balaban J connectivity index is 1.15. The maximum atomic E-state index is 6.62. The van der Waals surface area contributed by atoms with Gasteiger partial charge in [0.25, 0.3) is 0 Å². The van der Waals surface area contributed by atoms with E-state index in [-0.39, 0.29) is 0 Å². The monoisotopic (exact) mass is 743 g/mol. The SMILES string of the molecule is c1ccc(-c2cccc(-c3cccc([Si](c4ccccc4)(c4ccccc4)c4ccc5oc6ccc(-n7c8ccccc8c8ccccc87)cc6c5c4)c3)c2)cc1. The van der Waals surface area contributed by atoms with Crippen LogP contribution < -0.4 is 20.7 Å². The highest BCUT2D eigenvalue weighted by Crippen LogP contribution is 2.35. The smallest absolute Gasteiger partial charge is 0.179 e. The Kier molecular flexibility index (Phi) is 7.87. The third-order valence-electron chi connectivity index (χ3n) is 11.7. The van der Waals surface area contributed by atoms with E-state index in [0.717, 1.165) is 27.6 Å². The zero-order valence-corrected chi connectivity index (χ0v) is 32.2. The first-order valence-electron chi connectivity index (χ1n) is 19.6. The van der Waals surface area contributed by atoms with Gasteiger partial charge in [-0.3, -0.25) is 0 Å². The highest BCUT2D eigenvalue weighted by Gasteiger charge is 2.42. The molecule has 0 fully saturated rings. The number of benzene rings is 9. The molecule has 0 spiro atoms. The van der Waals surface area contributed by atoms with Crippen molar-refractivity contribution in [2.45, 2.75) is 0 Å². The van der Waals surface area contributed by atoms with Gasteiger partial charge in [0.2, 0.25) is 0 Å². The van der Waals surface area contributed by atoms with Crippen LogP contribution in [0.3, 0.4) is 0 Å². The van der Waals surface area contributed by atoms with Crippen LogP contribution in [0.1, 0.15) is 0 Å². The number of furan rings is 1. The summed E-state index contributed by atoms with van der Waals surface area (Å²) in [6, 6.07) is 82.2. The van der Waals surface area contributed by atoms with E-state index in [9.17, 15) is 0 Å². The molecular weight excluding hydrogens is 707 g/mol. The molecule has 0 aliphatic rings. The molecule has 2 heterocycles. The van der Waals surface area contributed by atoms with Gasteiger partial charge in [-0.25, -0.2) is 0 Å². The molecule has 0 unspecified atom stereocenters. The van der Waals surface area contributed by atoms with E-state index in [1.54, 1.807) is 0 Å². The van der Waals surface area contributed by atoms with Crippen molar-refractivity contribution in [2.75, 3.05) is 0 Å². The Morgan fingerprint density at radius 1 is 0.298 bits per heavy atom. The minimum atomic E-state index is -2.91. The summed E-state index contributed by atoms with van der Waals surface area (Å²) < 4.78 is 9.00. The predicted octanol–water partition coefficient (Wildman–Crippen LogP) is 11.4. The highest BCUT2D eigenvalue weighted by molar-refractivity contribution is 7.20. The van der Waals surface area contributed by atoms with Gasteiger partial charge in [0.05, 0.1) is 11.0 Å². The summed E-state index contributed by atoms with van der Waals surface area (Å²) in [5, 5.41) is 10.1. The average molecular weight is 744 g/mol. The van der Waals surface area contributed by atoms with Crippen LogP contribution in [0, 0.1) is 0 Å². The summed E-state index contributed by atoms with van der Waals surface area (Å²) in [6.45, 7) is 0. The number of hydrogen-bond donors (Lipinski definition) is 0. The minimum absolute atomic E-state index is 0.888. The second-order valence-electron chi connectivity index (χ2n) is 14.9. The normalized spacial score (nSPS) is 11.9. The van der Waals surface area contributed by atoms with Gasteiger partial charge in [-0.05, 0) is 85.5 Å². The van der Waals surface area contributed by atoms with E-state index in [1.807, 2.05) is 0 Å². The fraction of sp³-hybridized carbons (Fsp3) is 0. The highest BCUT2D eigenvalue weighted by atomic mass is 28.3. The van der Waals surface area contributed by atoms with Crippen LogP contribution in [0.4, 0.5) is 0 Å². The van der Waals surface area contributed by atoms with E-state index >= 15 is 0 Å². The lowest BCUT2D eigenvalue weighted by Crippen LogP contribution is -2.74. The van der Waals surface area contributed by atoms with Crippen molar-refractivity contribution in [3.8, 4) is 27.9 Å². The summed E-state index contributed by atoms with van der Waals surface area (Å²) in [6.07, 6.45) is 0. The van der Waals surface area contributed by atoms with Gasteiger partial charge in [0.15, 0.2) is 8.07 Å². The second kappa shape index (κ2) is 13.5. The van der Waals surface area contributed by atoms with Crippen LogP contribution >= 0.6 is 0 Å². The van der Waals surface area contributed by atoms with Crippen molar-refractivity contribution in [3.05, 3.63) is 224 Å². The summed E-state index contributed by atoms with van der Waals surface area (Å²) in [5.41, 5.74) is 10.1. The predicted molar refractivity (Wildman–Crippen MR) is 243 cm³/mol. The van der Waals surface area contributed by atoms with Crippen molar-refractivity contribution < 1.29 is 4.42 Å². The second-order valence-corrected chi connectivity index (χ2v) is 18.7. The van der Waals surface area contributed by atoms with Crippen molar-refractivity contribution >= 4 is 72.6 Å². The molecule has 0 N–H and O–H groups in total. The van der Waals surface area contributed by atoms with Crippen molar-refractivity contribution in [3.63, 3.8) is 0 Å². The summed E-state index contributed by atoms with van der Waals surface area (Å²) >= 11 is 0. The van der Waals surface area contributed by atoms with Crippen molar-refractivity contribution in [2.24, 2.45) is 0 Å². The molecule has 0 saturated carbocycles. The van der Waals surface area contributed by atoms with Crippen LogP contribution in [0.25, 0.3) is 71.7 Å². The molecular formula is C54H37NOSi. The third-order valence-corrected chi connectivity index (χ3v) is 16.5. The standard InChI is InChI=1S/C54H37NOSi/c1-4-16-38(17-5-1)39-18-14-19-40(34-39)41-20-15-25-45(35-41)57(43-21-6-2-7-22-43,44-23-8-3-9-24-44)46-31-33-54-50(37-46)49-36-42(30-32-53(49)56-54)55-51-28-12-10-26-47(51)48-27-11-13-29-52(48)55/h1-37H. The first-order chi connectivity index (χ1) is 28.3. The fourth-order valence-electron chi connectivity index (χ4n) is 9.16. The molecule has 11 aromatic rings. The minimum Gasteiger partial charge on any atom is -0.456 e. The van der Waals surface area contributed by atoms with Crippen LogP contribution in [0.5, 0.6) is 0 Å². The van der Waals surface area contributed by atoms with Crippen LogP contribution in [0.2, 0.25) is 0 Å². The van der Waals surface area contributed by atoms with Gasteiger partial charge in [-0.15, -0.1) is 0 Å². The van der Waals surface area contributed by atoms with Crippen LogP contribution in [-0.4, -0.2) is 12.6 Å². The molecule has 0 aliphatic heterocycles. The molecule has 2 aromatic heterocycles. The number of rotatable bonds is 7. The topological polar surface area (TPSA) is 18.1 Å². The summed E-state index contributed by atoms with van der Waals surface area (Å²) in [7, 11) is -2.91. The van der Waals surface area contributed by atoms with E-state index < -0.39 is 8.07 Å². The van der Waals surface area contributed by atoms with Gasteiger partial charge in [-0.1, -0.05) is 182 Å². The largest absolute Gasteiger partial charge is 0.456 e. The van der Waals surface area contributed by atoms with Gasteiger partial charge >= 0.3 is 0 Å². The first kappa shape index (κ1) is 33.2. The molecule has 9 aromatic carbocycles. The van der Waals surface area contributed by atoms with E-state index in [1.165, 1.54) is 64.8 Å². The summed E-state index contributed by atoms with van der Waals surface area (Å²) in [5.74, 6) is 0. The number of hydrogen-bond acceptors (Lipinski definition) is 1. The van der Waals surface area contributed by atoms with Crippen molar-refractivity contribution in [1.82, 2.24) is 4.57 Å². The molecule has 0 bridgehead atoms. The molecule has 0 amide bonds. The maximum Gasteiger partial charge on any atom is 0.179 e. The van der Waals surface area contributed by atoms with Gasteiger partial charge < -0.3 is 8.98 Å². The molecule has 3 heteroatoms. The number of fused-ring (bicyclic) bond motifs is 6. The molecule has 0 saturated heterocycles. The van der Waals surface area contributed by atoms with Crippen LogP contribution in [0.15, 0.2) is 229 Å². The summed E-state index contributed by atoms with van der Waals surface area (Å²) in [4.78, 5) is 0. The number of nitrogens with zero attached hydrogens (tertiary/aromatic N) is 1. The van der Waals surface area contributed by atoms with E-state index in [0.29, 0.717) is 0 Å². The zero-order chi connectivity index (χ0) is 37.8.